The van der Waals surface area contributed by atoms with Gasteiger partial charge in [0.2, 0.25) is 5.91 Å². The van der Waals surface area contributed by atoms with E-state index in [9.17, 15) is 4.79 Å². The van der Waals surface area contributed by atoms with E-state index in [1.54, 1.807) is 0 Å². The van der Waals surface area contributed by atoms with E-state index < -0.39 is 0 Å². The Labute approximate surface area is 182 Å². The van der Waals surface area contributed by atoms with Gasteiger partial charge < -0.3 is 20.4 Å². The second-order valence-electron chi connectivity index (χ2n) is 8.83. The van der Waals surface area contributed by atoms with Crippen molar-refractivity contribution in [3.63, 3.8) is 0 Å². The predicted octanol–water partition coefficient (Wildman–Crippen LogP) is 2.36. The van der Waals surface area contributed by atoms with Crippen LogP contribution in [0.15, 0.2) is 35.3 Å². The Kier molecular flexibility index (Phi) is 9.00. The summed E-state index contributed by atoms with van der Waals surface area (Å²) in [5.74, 6) is 2.30. The summed E-state index contributed by atoms with van der Waals surface area (Å²) in [5.41, 5.74) is 1.29. The molecule has 2 saturated heterocycles. The summed E-state index contributed by atoms with van der Waals surface area (Å²) in [4.78, 5) is 21.6. The molecule has 2 heterocycles. The lowest BCUT2D eigenvalue weighted by atomic mass is 9.94. The fourth-order valence-corrected chi connectivity index (χ4v) is 4.41. The van der Waals surface area contributed by atoms with Crippen molar-refractivity contribution in [2.24, 2.45) is 16.8 Å². The van der Waals surface area contributed by atoms with Gasteiger partial charge in [-0.3, -0.25) is 9.79 Å². The minimum absolute atomic E-state index is 0.270. The molecule has 6 heteroatoms. The van der Waals surface area contributed by atoms with Gasteiger partial charge in [-0.05, 0) is 64.2 Å². The van der Waals surface area contributed by atoms with E-state index in [2.05, 4.69) is 53.8 Å². The maximum atomic E-state index is 12.4. The van der Waals surface area contributed by atoms with Gasteiger partial charge in [0.15, 0.2) is 5.96 Å². The number of carbonyl (C=O) groups excluding carboxylic acids is 1. The molecule has 2 aliphatic heterocycles. The summed E-state index contributed by atoms with van der Waals surface area (Å²) in [5, 5.41) is 6.85. The highest BCUT2D eigenvalue weighted by molar-refractivity contribution is 5.80. The Hall–Kier alpha value is -2.08. The van der Waals surface area contributed by atoms with Crippen molar-refractivity contribution < 1.29 is 4.79 Å². The number of nitrogens with one attached hydrogen (secondary N) is 2. The van der Waals surface area contributed by atoms with Gasteiger partial charge in [0.25, 0.3) is 0 Å². The van der Waals surface area contributed by atoms with E-state index in [-0.39, 0.29) is 5.91 Å². The smallest absolute Gasteiger partial charge is 0.223 e. The largest absolute Gasteiger partial charge is 0.357 e. The number of amides is 1. The first-order valence-corrected chi connectivity index (χ1v) is 11.7. The highest BCUT2D eigenvalue weighted by Crippen LogP contribution is 2.19. The molecule has 0 bridgehead atoms. The molecular weight excluding hydrogens is 374 g/mol. The lowest BCUT2D eigenvalue weighted by Gasteiger charge is -2.29. The number of likely N-dealkylation sites (tertiary alicyclic amines) is 2. The van der Waals surface area contributed by atoms with Crippen molar-refractivity contribution >= 4 is 11.9 Å². The van der Waals surface area contributed by atoms with Crippen LogP contribution in [0.25, 0.3) is 0 Å². The summed E-state index contributed by atoms with van der Waals surface area (Å²) >= 11 is 0. The summed E-state index contributed by atoms with van der Waals surface area (Å²) < 4.78 is 0. The van der Waals surface area contributed by atoms with Crippen molar-refractivity contribution in [3.8, 4) is 0 Å². The number of guanidine groups is 1. The predicted molar refractivity (Wildman–Crippen MR) is 124 cm³/mol. The third kappa shape index (κ3) is 7.31. The number of aliphatic imine (C=N–C) groups is 1. The van der Waals surface area contributed by atoms with E-state index in [1.165, 1.54) is 37.9 Å². The van der Waals surface area contributed by atoms with E-state index in [1.807, 2.05) is 11.0 Å². The molecule has 166 valence electrons. The fraction of sp³-hybridized carbons (Fsp3) is 0.667. The monoisotopic (exact) mass is 413 g/mol. The maximum Gasteiger partial charge on any atom is 0.223 e. The number of hydrogen-bond donors (Lipinski definition) is 2. The Bertz CT molecular complexity index is 669. The maximum absolute atomic E-state index is 12.4. The topological polar surface area (TPSA) is 60.0 Å². The van der Waals surface area contributed by atoms with Gasteiger partial charge in [-0.1, -0.05) is 30.3 Å². The summed E-state index contributed by atoms with van der Waals surface area (Å²) in [6.45, 7) is 8.68. The minimum atomic E-state index is 0.270. The van der Waals surface area contributed by atoms with Gasteiger partial charge in [0, 0.05) is 45.1 Å². The SMILES string of the molecule is CCNC(=NCC1CC(=O)N(CCc2ccccc2)C1)NCCC1CCN(C)CC1. The van der Waals surface area contributed by atoms with Crippen LogP contribution in [0.5, 0.6) is 0 Å². The first-order chi connectivity index (χ1) is 14.6. The number of benzene rings is 1. The third-order valence-electron chi connectivity index (χ3n) is 6.34. The molecule has 0 radical (unpaired) electrons. The average molecular weight is 414 g/mol. The number of hydrogen-bond acceptors (Lipinski definition) is 3. The summed E-state index contributed by atoms with van der Waals surface area (Å²) in [6, 6.07) is 10.4. The second-order valence-corrected chi connectivity index (χ2v) is 8.83. The lowest BCUT2D eigenvalue weighted by molar-refractivity contribution is -0.127. The van der Waals surface area contributed by atoms with Crippen LogP contribution in [-0.4, -0.2) is 74.5 Å². The van der Waals surface area contributed by atoms with Crippen molar-refractivity contribution in [3.05, 3.63) is 35.9 Å². The zero-order valence-electron chi connectivity index (χ0n) is 18.8. The molecule has 6 nitrogen and oxygen atoms in total. The second kappa shape index (κ2) is 11.9. The first kappa shape index (κ1) is 22.6. The molecule has 0 spiro atoms. The Morgan fingerprint density at radius 3 is 2.63 bits per heavy atom. The van der Waals surface area contributed by atoms with E-state index in [0.29, 0.717) is 18.9 Å². The van der Waals surface area contributed by atoms with Crippen LogP contribution in [0.3, 0.4) is 0 Å². The fourth-order valence-electron chi connectivity index (χ4n) is 4.41. The van der Waals surface area contributed by atoms with Crippen LogP contribution in [-0.2, 0) is 11.2 Å². The molecule has 3 rings (SSSR count). The van der Waals surface area contributed by atoms with Crippen LogP contribution in [0.4, 0.5) is 0 Å². The highest BCUT2D eigenvalue weighted by Gasteiger charge is 2.29. The van der Waals surface area contributed by atoms with Gasteiger partial charge >= 0.3 is 0 Å². The minimum Gasteiger partial charge on any atom is -0.357 e. The first-order valence-electron chi connectivity index (χ1n) is 11.7. The van der Waals surface area contributed by atoms with E-state index in [4.69, 9.17) is 4.99 Å². The molecule has 1 amide bonds. The van der Waals surface area contributed by atoms with Crippen molar-refractivity contribution in [1.29, 1.82) is 0 Å². The van der Waals surface area contributed by atoms with Crippen molar-refractivity contribution in [2.75, 3.05) is 52.9 Å². The third-order valence-corrected chi connectivity index (χ3v) is 6.34. The molecule has 1 atom stereocenters. The standard InChI is InChI=1S/C24H39N5O/c1-3-25-24(26-13-9-21-10-14-28(2)15-11-21)27-18-22-17-23(30)29(19-22)16-12-20-7-5-4-6-8-20/h4-8,21-22H,3,9-19H2,1-2H3,(H2,25,26,27). The van der Waals surface area contributed by atoms with Gasteiger partial charge in [-0.2, -0.15) is 0 Å². The molecule has 2 fully saturated rings. The molecule has 0 aromatic heterocycles. The van der Waals surface area contributed by atoms with Crippen LogP contribution in [0.1, 0.15) is 38.2 Å². The summed E-state index contributed by atoms with van der Waals surface area (Å²) in [7, 11) is 2.21. The normalized spacial score (nSPS) is 21.3. The van der Waals surface area contributed by atoms with Crippen molar-refractivity contribution in [2.45, 2.75) is 39.0 Å². The molecular formula is C24H39N5O. The van der Waals surface area contributed by atoms with E-state index in [0.717, 1.165) is 44.5 Å². The highest BCUT2D eigenvalue weighted by atomic mass is 16.2. The van der Waals surface area contributed by atoms with Crippen LogP contribution in [0.2, 0.25) is 0 Å². The van der Waals surface area contributed by atoms with Crippen molar-refractivity contribution in [1.82, 2.24) is 20.4 Å². The average Bonchev–Trinajstić information content (AvgIpc) is 3.12. The number of rotatable bonds is 9. The van der Waals surface area contributed by atoms with Gasteiger partial charge in [0.1, 0.15) is 0 Å². The van der Waals surface area contributed by atoms with Crippen LogP contribution < -0.4 is 10.6 Å². The Morgan fingerprint density at radius 2 is 1.90 bits per heavy atom. The molecule has 0 aliphatic carbocycles. The molecule has 2 aliphatic rings. The van der Waals surface area contributed by atoms with Gasteiger partial charge in [-0.25, -0.2) is 0 Å². The molecule has 0 saturated carbocycles. The van der Waals surface area contributed by atoms with Crippen LogP contribution >= 0.6 is 0 Å². The molecule has 30 heavy (non-hydrogen) atoms. The molecule has 1 aromatic rings. The number of piperidine rings is 1. The van der Waals surface area contributed by atoms with Gasteiger partial charge in [-0.15, -0.1) is 0 Å². The molecule has 1 unspecified atom stereocenters. The summed E-state index contributed by atoms with van der Waals surface area (Å²) in [6.07, 6.45) is 5.34. The number of nitrogens with zero attached hydrogens (tertiary/aromatic N) is 3. The van der Waals surface area contributed by atoms with Crippen LogP contribution in [0, 0.1) is 11.8 Å². The Morgan fingerprint density at radius 1 is 1.13 bits per heavy atom. The lowest BCUT2D eigenvalue weighted by Crippen LogP contribution is -2.39. The number of carbonyl (C=O) groups is 1. The zero-order valence-corrected chi connectivity index (χ0v) is 18.8. The van der Waals surface area contributed by atoms with Gasteiger partial charge in [0.05, 0.1) is 0 Å². The van der Waals surface area contributed by atoms with E-state index >= 15 is 0 Å². The molecule has 1 aromatic carbocycles. The molecule has 2 N–H and O–H groups in total. The zero-order chi connectivity index (χ0) is 21.2. The quantitative estimate of drug-likeness (QED) is 0.482. The Balaban J connectivity index is 1.39.